The van der Waals surface area contributed by atoms with Gasteiger partial charge in [-0.2, -0.15) is 11.6 Å². The minimum absolute atomic E-state index is 0. The van der Waals surface area contributed by atoms with Crippen molar-refractivity contribution in [2.24, 2.45) is 0 Å². The van der Waals surface area contributed by atoms with Crippen LogP contribution < -0.4 is 18.9 Å². The predicted molar refractivity (Wildman–Crippen MR) is 147 cm³/mol. The minimum Gasteiger partial charge on any atom is -0.304 e. The molecule has 0 N–H and O–H groups in total. The average molecular weight is 443 g/mol. The first-order chi connectivity index (χ1) is 15.8. The topological polar surface area (TPSA) is 0 Å². The van der Waals surface area contributed by atoms with Crippen LogP contribution in [0.4, 0.5) is 0 Å². The second-order valence-corrected chi connectivity index (χ2v) is 10.8. The van der Waals surface area contributed by atoms with Crippen LogP contribution in [0.25, 0.3) is 0 Å². The molecule has 180 valence electrons. The summed E-state index contributed by atoms with van der Waals surface area (Å²) in [7, 11) is 0. The zero-order valence-corrected chi connectivity index (χ0v) is 22.9. The van der Waals surface area contributed by atoms with E-state index in [2.05, 4.69) is 56.4 Å². The Kier molecular flexibility index (Phi) is 17.4. The van der Waals surface area contributed by atoms with Gasteiger partial charge in [0.1, 0.15) is 0 Å². The fourth-order valence-corrected chi connectivity index (χ4v) is 6.37. The Balaban J connectivity index is 0.00000544. The maximum absolute atomic E-state index is 4.01. The molecule has 33 heavy (non-hydrogen) atoms. The zero-order valence-electron chi connectivity index (χ0n) is 22.9. The molecule has 0 amide bonds. The van der Waals surface area contributed by atoms with Crippen molar-refractivity contribution in [2.45, 2.75) is 154 Å². The van der Waals surface area contributed by atoms with Gasteiger partial charge in [-0.1, -0.05) is 111 Å². The van der Waals surface area contributed by atoms with E-state index in [-0.39, 0.29) is 18.9 Å². The molecule has 0 saturated heterocycles. The van der Waals surface area contributed by atoms with Gasteiger partial charge >= 0.3 is 18.9 Å². The van der Waals surface area contributed by atoms with E-state index in [4.69, 9.17) is 0 Å². The number of hydrogen-bond donors (Lipinski definition) is 0. The Bertz CT molecular complexity index is 618. The van der Waals surface area contributed by atoms with E-state index in [0.29, 0.717) is 0 Å². The van der Waals surface area contributed by atoms with Gasteiger partial charge < -0.3 is 5.82 Å². The Morgan fingerprint density at radius 2 is 1.27 bits per heavy atom. The molecule has 0 radical (unpaired) electrons. The molecule has 2 rings (SSSR count). The molecule has 0 aliphatic heterocycles. The van der Waals surface area contributed by atoms with E-state index in [1.807, 2.05) is 0 Å². The largest absolute Gasteiger partial charge is 1.00 e. The molecule has 2 saturated carbocycles. The van der Waals surface area contributed by atoms with E-state index >= 15 is 0 Å². The molecule has 0 unspecified atom stereocenters. The van der Waals surface area contributed by atoms with Gasteiger partial charge in [0, 0.05) is 6.08 Å². The summed E-state index contributed by atoms with van der Waals surface area (Å²) in [6.45, 7) is 6.88. The molecule has 0 heterocycles. The molecule has 2 fully saturated rings. The fraction of sp³-hybridized carbons (Fsp3) is 0.774. The summed E-state index contributed by atoms with van der Waals surface area (Å²) in [6, 6.07) is 0. The predicted octanol–water partition coefficient (Wildman–Crippen LogP) is 7.40. The maximum atomic E-state index is 4.01. The second kappa shape index (κ2) is 18.8. The first-order valence-electron chi connectivity index (χ1n) is 14.6. The van der Waals surface area contributed by atoms with Gasteiger partial charge in [0.2, 0.25) is 0 Å². The molecule has 2 aliphatic rings. The quantitative estimate of drug-likeness (QED) is 0.128. The number of rotatable bonds is 12. The van der Waals surface area contributed by atoms with Gasteiger partial charge in [0.15, 0.2) is 0 Å². The smallest absolute Gasteiger partial charge is 0.304 e. The summed E-state index contributed by atoms with van der Waals surface area (Å²) in [4.78, 5) is 0. The van der Waals surface area contributed by atoms with E-state index in [0.717, 1.165) is 11.6 Å². The minimum atomic E-state index is -0.752. The van der Waals surface area contributed by atoms with Crippen LogP contribution >= 0.6 is 0 Å². The molecule has 0 atom stereocenters. The summed E-state index contributed by atoms with van der Waals surface area (Å²) in [6.07, 6.45) is 29.4. The van der Waals surface area contributed by atoms with Crippen LogP contribution in [-0.2, 0) is 0 Å². The number of unbranched alkanes of at least 4 members (excludes halogenated alkanes) is 4. The zero-order chi connectivity index (χ0) is 22.9. The molecule has 0 spiro atoms. The summed E-state index contributed by atoms with van der Waals surface area (Å²) in [5.41, 5.74) is 5.14. The van der Waals surface area contributed by atoms with Crippen molar-refractivity contribution in [2.75, 3.05) is 0 Å². The van der Waals surface area contributed by atoms with Gasteiger partial charge in [0.05, 0.1) is 6.15 Å². The third kappa shape index (κ3) is 10.7. The second-order valence-electron chi connectivity index (χ2n) is 10.8. The third-order valence-corrected chi connectivity index (χ3v) is 8.38. The van der Waals surface area contributed by atoms with Gasteiger partial charge in [-0.25, -0.2) is 5.98 Å². The average Bonchev–Trinajstić information content (AvgIpc) is 2.85. The van der Waals surface area contributed by atoms with Crippen LogP contribution in [0, 0.1) is 11.7 Å². The van der Waals surface area contributed by atoms with Crippen LogP contribution in [0.15, 0.2) is 29.4 Å². The van der Waals surface area contributed by atoms with Crippen molar-refractivity contribution < 1.29 is 18.9 Å². The van der Waals surface area contributed by atoms with Crippen LogP contribution in [-0.4, -0.2) is 6.15 Å². The molecule has 0 aromatic carbocycles. The van der Waals surface area contributed by atoms with Crippen LogP contribution in [0.2, 0.25) is 11.6 Å². The monoisotopic (exact) mass is 442 g/mol. The first kappa shape index (κ1) is 30.5. The molecule has 2 heteroatoms. The van der Waals surface area contributed by atoms with Crippen LogP contribution in [0.3, 0.4) is 0 Å². The van der Waals surface area contributed by atoms with Crippen molar-refractivity contribution in [3.8, 4) is 11.7 Å². The van der Waals surface area contributed by atoms with Gasteiger partial charge in [-0.3, -0.25) is 0 Å². The van der Waals surface area contributed by atoms with Crippen molar-refractivity contribution in [3.05, 3.63) is 29.4 Å². The van der Waals surface area contributed by atoms with E-state index in [9.17, 15) is 0 Å². The maximum Gasteiger partial charge on any atom is 1.00 e. The molecule has 0 nitrogen and oxygen atoms in total. The summed E-state index contributed by atoms with van der Waals surface area (Å²) < 4.78 is 0. The molecule has 0 aromatic heterocycles. The fourth-order valence-electron chi connectivity index (χ4n) is 6.37. The SMILES string of the molecule is CCCC/C=C/[B-](C#CC=C=C(CCCC)CCCC)(C1CCCCC1)C1CCCCC1.[Li+]. The van der Waals surface area contributed by atoms with Crippen LogP contribution in [0.5, 0.6) is 0 Å². The molecule has 2 aliphatic carbocycles. The Hall–Kier alpha value is -0.518. The molecule has 0 bridgehead atoms. The van der Waals surface area contributed by atoms with Gasteiger partial charge in [-0.05, 0) is 37.7 Å². The number of allylic oxidation sites excluding steroid dienone is 2. The molecular weight excluding hydrogens is 390 g/mol. The first-order valence-corrected chi connectivity index (χ1v) is 14.6. The summed E-state index contributed by atoms with van der Waals surface area (Å²) >= 11 is 0. The Labute approximate surface area is 220 Å². The Morgan fingerprint density at radius 3 is 1.76 bits per heavy atom. The normalized spacial score (nSPS) is 17.7. The summed E-state index contributed by atoms with van der Waals surface area (Å²) in [5.74, 6) is 11.9. The molecule has 0 aromatic rings. The molecular formula is C31H52BLi. The summed E-state index contributed by atoms with van der Waals surface area (Å²) in [5, 5.41) is 0. The van der Waals surface area contributed by atoms with Crippen molar-refractivity contribution >= 4 is 6.15 Å². The van der Waals surface area contributed by atoms with Crippen molar-refractivity contribution in [1.82, 2.24) is 0 Å². The third-order valence-electron chi connectivity index (χ3n) is 8.38. The Morgan fingerprint density at radius 1 is 0.758 bits per heavy atom. The van der Waals surface area contributed by atoms with E-state index < -0.39 is 6.15 Å². The standard InChI is InChI=1S/C31H52B.Li/c1-4-7-10-18-27-32(30-23-13-11-14-24-30,31-25-15-12-16-26-31)28-19-17-22-29(20-8-5-2)21-9-6-3;/h17-18,27,30-31H,4-16,20-21,23-26H2,1-3H3;/q-1;+1/b27-18+;. The van der Waals surface area contributed by atoms with E-state index in [1.165, 1.54) is 128 Å². The van der Waals surface area contributed by atoms with Crippen molar-refractivity contribution in [3.63, 3.8) is 0 Å². The van der Waals surface area contributed by atoms with E-state index in [1.54, 1.807) is 0 Å². The van der Waals surface area contributed by atoms with Crippen LogP contribution in [0.1, 0.15) is 143 Å². The van der Waals surface area contributed by atoms with Gasteiger partial charge in [0.25, 0.3) is 0 Å². The number of hydrogen-bond acceptors (Lipinski definition) is 0. The van der Waals surface area contributed by atoms with Crippen molar-refractivity contribution in [1.29, 1.82) is 0 Å². The van der Waals surface area contributed by atoms with Gasteiger partial charge in [-0.15, -0.1) is 17.7 Å².